The summed E-state index contributed by atoms with van der Waals surface area (Å²) in [5, 5.41) is 19.4. The van der Waals surface area contributed by atoms with Gasteiger partial charge in [0.2, 0.25) is 11.7 Å². The van der Waals surface area contributed by atoms with Crippen molar-refractivity contribution in [2.75, 3.05) is 33.8 Å². The molecule has 11 heteroatoms. The molecule has 1 fully saturated rings. The quantitative estimate of drug-likeness (QED) is 0.298. The van der Waals surface area contributed by atoms with E-state index in [1.54, 1.807) is 33.5 Å². The average molecular weight is 613 g/mol. The Hall–Kier alpha value is -3.96. The van der Waals surface area contributed by atoms with Crippen LogP contribution in [-0.4, -0.2) is 68.7 Å². The van der Waals surface area contributed by atoms with E-state index >= 15 is 0 Å². The van der Waals surface area contributed by atoms with E-state index in [9.17, 15) is 14.8 Å². The number of hydrogen-bond donors (Lipinski definition) is 2. The number of carbonyl (C=O) groups excluding carboxylic acids is 2. The zero-order chi connectivity index (χ0) is 32.8. The van der Waals surface area contributed by atoms with Gasteiger partial charge in [0.05, 0.1) is 34.1 Å². The standard InChI is InChI=1S/C33H46N3O8/c1-20(2)28(35-31(38)44-23-18-32(3,4)36(39)33(5,6)19-23)30(37)34-24-15-21(13-14-25(24)40-7)11-12-22-16-26(41-8)29(43-10)27(17-22)42-9/h11-17,20,23,28H,18-19H2,1-10H3,(H,34,37)(H,35,38)/b12-11-/t28-/m0/s1. The Morgan fingerprint density at radius 3 is 1.89 bits per heavy atom. The molecular formula is C33H46N3O8. The number of ether oxygens (including phenoxy) is 5. The second-order valence-electron chi connectivity index (χ2n) is 12.5. The Balaban J connectivity index is 1.76. The highest BCUT2D eigenvalue weighted by atomic mass is 16.6. The molecule has 2 aromatic carbocycles. The number of rotatable bonds is 11. The highest BCUT2D eigenvalue weighted by Crippen LogP contribution is 2.39. The molecule has 11 nitrogen and oxygen atoms in total. The first-order chi connectivity index (χ1) is 20.6. The fraction of sp³-hybridized carbons (Fsp3) is 0.515. The van der Waals surface area contributed by atoms with E-state index in [0.717, 1.165) is 16.2 Å². The van der Waals surface area contributed by atoms with Crippen molar-refractivity contribution in [3.05, 3.63) is 41.5 Å². The van der Waals surface area contributed by atoms with Crippen LogP contribution in [0.1, 0.15) is 65.5 Å². The molecule has 241 valence electrons. The summed E-state index contributed by atoms with van der Waals surface area (Å²) in [7, 11) is 6.18. The third-order valence-electron chi connectivity index (χ3n) is 7.69. The number of nitrogens with zero attached hydrogens (tertiary/aromatic N) is 1. The number of alkyl carbamates (subject to hydrolysis) is 1. The predicted molar refractivity (Wildman–Crippen MR) is 169 cm³/mol. The monoisotopic (exact) mass is 612 g/mol. The molecule has 2 N–H and O–H groups in total. The molecule has 1 saturated heterocycles. The minimum absolute atomic E-state index is 0.243. The van der Waals surface area contributed by atoms with Crippen LogP contribution in [0.5, 0.6) is 23.0 Å². The molecule has 2 aromatic rings. The van der Waals surface area contributed by atoms with E-state index in [2.05, 4.69) is 10.6 Å². The molecule has 1 heterocycles. The van der Waals surface area contributed by atoms with Crippen LogP contribution < -0.4 is 29.6 Å². The number of benzene rings is 2. The lowest BCUT2D eigenvalue weighted by Gasteiger charge is -2.49. The van der Waals surface area contributed by atoms with Gasteiger partial charge in [-0.3, -0.25) is 4.79 Å². The molecule has 0 bridgehead atoms. The predicted octanol–water partition coefficient (Wildman–Crippen LogP) is 5.95. The van der Waals surface area contributed by atoms with Gasteiger partial charge in [-0.1, -0.05) is 32.1 Å². The van der Waals surface area contributed by atoms with Crippen LogP contribution in [-0.2, 0) is 14.7 Å². The number of hydroxylamine groups is 2. The highest BCUT2D eigenvalue weighted by Gasteiger charge is 2.47. The van der Waals surface area contributed by atoms with Crippen LogP contribution in [0.15, 0.2) is 30.3 Å². The van der Waals surface area contributed by atoms with Crippen molar-refractivity contribution in [2.24, 2.45) is 5.92 Å². The second-order valence-corrected chi connectivity index (χ2v) is 12.5. The minimum atomic E-state index is -0.883. The normalized spacial score (nSPS) is 17.2. The van der Waals surface area contributed by atoms with Crippen molar-refractivity contribution in [2.45, 2.75) is 77.6 Å². The number of methoxy groups -OCH3 is 4. The van der Waals surface area contributed by atoms with Gasteiger partial charge in [-0.25, -0.2) is 4.79 Å². The fourth-order valence-corrected chi connectivity index (χ4v) is 5.63. The largest absolute Gasteiger partial charge is 0.495 e. The summed E-state index contributed by atoms with van der Waals surface area (Å²) in [6.45, 7) is 11.0. The number of amides is 2. The molecule has 3 rings (SSSR count). The number of anilines is 1. The van der Waals surface area contributed by atoms with Crippen LogP contribution in [0, 0.1) is 5.92 Å². The van der Waals surface area contributed by atoms with E-state index < -0.39 is 35.2 Å². The lowest BCUT2D eigenvalue weighted by Crippen LogP contribution is -2.60. The molecule has 44 heavy (non-hydrogen) atoms. The lowest BCUT2D eigenvalue weighted by molar-refractivity contribution is -0.298. The Kier molecular flexibility index (Phi) is 11.2. The van der Waals surface area contributed by atoms with Crippen molar-refractivity contribution in [1.29, 1.82) is 0 Å². The Labute approximate surface area is 260 Å². The summed E-state index contributed by atoms with van der Waals surface area (Å²) in [6, 6.07) is 8.16. The van der Waals surface area contributed by atoms with Crippen molar-refractivity contribution >= 4 is 29.8 Å². The number of nitrogens with one attached hydrogen (secondary N) is 2. The van der Waals surface area contributed by atoms with Crippen molar-refractivity contribution in [3.63, 3.8) is 0 Å². The molecule has 0 saturated carbocycles. The Morgan fingerprint density at radius 1 is 0.841 bits per heavy atom. The molecule has 1 radical (unpaired) electrons. The second kappa shape index (κ2) is 14.2. The molecular weight excluding hydrogens is 566 g/mol. The molecule has 2 amide bonds. The van der Waals surface area contributed by atoms with Crippen LogP contribution in [0.2, 0.25) is 0 Å². The highest BCUT2D eigenvalue weighted by molar-refractivity contribution is 5.98. The molecule has 0 aromatic heterocycles. The number of hydrogen-bond acceptors (Lipinski definition) is 8. The Bertz CT molecular complexity index is 1310. The van der Waals surface area contributed by atoms with Crippen LogP contribution in [0.25, 0.3) is 12.2 Å². The van der Waals surface area contributed by atoms with Crippen LogP contribution >= 0.6 is 0 Å². The van der Waals surface area contributed by atoms with Gasteiger partial charge >= 0.3 is 6.09 Å². The first kappa shape index (κ1) is 34.5. The minimum Gasteiger partial charge on any atom is -0.495 e. The van der Waals surface area contributed by atoms with E-state index in [0.29, 0.717) is 41.5 Å². The van der Waals surface area contributed by atoms with Gasteiger partial charge in [-0.05, 0) is 69.0 Å². The van der Waals surface area contributed by atoms with E-state index in [-0.39, 0.29) is 5.92 Å². The van der Waals surface area contributed by atoms with Gasteiger partial charge in [0.25, 0.3) is 0 Å². The van der Waals surface area contributed by atoms with Crippen molar-refractivity contribution < 1.29 is 38.5 Å². The molecule has 1 aliphatic heterocycles. The van der Waals surface area contributed by atoms with Gasteiger partial charge in [0.15, 0.2) is 11.5 Å². The molecule has 1 atom stereocenters. The molecule has 0 spiro atoms. The first-order valence-electron chi connectivity index (χ1n) is 14.6. The van der Waals surface area contributed by atoms with E-state index in [1.807, 2.05) is 71.9 Å². The topological polar surface area (TPSA) is 127 Å². The maximum absolute atomic E-state index is 13.4. The fourth-order valence-electron chi connectivity index (χ4n) is 5.63. The summed E-state index contributed by atoms with van der Waals surface area (Å²) in [4.78, 5) is 26.4. The average Bonchev–Trinajstić information content (AvgIpc) is 2.96. The van der Waals surface area contributed by atoms with Crippen molar-refractivity contribution in [1.82, 2.24) is 10.4 Å². The molecule has 1 aliphatic rings. The van der Waals surface area contributed by atoms with Gasteiger partial charge in [-0.2, -0.15) is 0 Å². The summed E-state index contributed by atoms with van der Waals surface area (Å²) >= 11 is 0. The SMILES string of the molecule is COc1ccc(/C=C\c2cc(OC)c(OC)c(OC)c2)cc1NC(=O)[C@@H](NC(=O)OC1CC(C)(C)N([O])C(C)(C)C1)C(C)C. The van der Waals surface area contributed by atoms with Crippen LogP contribution in [0.4, 0.5) is 10.5 Å². The maximum atomic E-state index is 13.4. The maximum Gasteiger partial charge on any atom is 0.408 e. The summed E-state index contributed by atoms with van der Waals surface area (Å²) < 4.78 is 27.5. The van der Waals surface area contributed by atoms with E-state index in [4.69, 9.17) is 23.7 Å². The molecule has 0 unspecified atom stereocenters. The van der Waals surface area contributed by atoms with Crippen LogP contribution in [0.3, 0.4) is 0 Å². The lowest BCUT2D eigenvalue weighted by atomic mass is 9.80. The zero-order valence-corrected chi connectivity index (χ0v) is 27.4. The summed E-state index contributed by atoms with van der Waals surface area (Å²) in [5.74, 6) is 1.36. The van der Waals surface area contributed by atoms with Gasteiger partial charge < -0.3 is 34.3 Å². The van der Waals surface area contributed by atoms with Gasteiger partial charge in [-0.15, -0.1) is 10.3 Å². The zero-order valence-electron chi connectivity index (χ0n) is 27.4. The van der Waals surface area contributed by atoms with Crippen molar-refractivity contribution in [3.8, 4) is 23.0 Å². The number of carbonyl (C=O) groups is 2. The van der Waals surface area contributed by atoms with Gasteiger partial charge in [0, 0.05) is 23.9 Å². The Morgan fingerprint density at radius 2 is 1.39 bits per heavy atom. The smallest absolute Gasteiger partial charge is 0.408 e. The molecule has 0 aliphatic carbocycles. The third kappa shape index (κ3) is 8.15. The first-order valence-corrected chi connectivity index (χ1v) is 14.6. The summed E-state index contributed by atoms with van der Waals surface area (Å²) in [5.41, 5.74) is 0.665. The number of piperidine rings is 1. The van der Waals surface area contributed by atoms with Gasteiger partial charge in [0.1, 0.15) is 17.9 Å². The summed E-state index contributed by atoms with van der Waals surface area (Å²) in [6.07, 6.45) is 3.37. The third-order valence-corrected chi connectivity index (χ3v) is 7.69. The van der Waals surface area contributed by atoms with E-state index in [1.165, 1.54) is 7.11 Å².